The van der Waals surface area contributed by atoms with E-state index in [2.05, 4.69) is 5.32 Å². The number of benzene rings is 3. The van der Waals surface area contributed by atoms with Gasteiger partial charge in [0.25, 0.3) is 11.5 Å². The van der Waals surface area contributed by atoms with Crippen LogP contribution in [0.1, 0.15) is 10.4 Å². The summed E-state index contributed by atoms with van der Waals surface area (Å²) in [6.45, 7) is 0. The Balaban J connectivity index is 1.93. The van der Waals surface area contributed by atoms with Crippen molar-refractivity contribution in [3.8, 4) is 34.5 Å². The van der Waals surface area contributed by atoms with Gasteiger partial charge in [-0.15, -0.1) is 0 Å². The fourth-order valence-electron chi connectivity index (χ4n) is 3.57. The molecular weight excluding hydrogens is 470 g/mol. The Morgan fingerprint density at radius 3 is 1.83 bits per heavy atom. The molecule has 1 heterocycles. The van der Waals surface area contributed by atoms with Crippen LogP contribution in [-0.4, -0.2) is 39.5 Å². The molecule has 0 atom stereocenters. The number of methoxy groups -OCH3 is 2. The predicted molar refractivity (Wildman–Crippen MR) is 133 cm³/mol. The molecule has 1 amide bonds. The molecule has 0 radical (unpaired) electrons. The highest BCUT2D eigenvalue weighted by molar-refractivity contribution is 7.71. The highest BCUT2D eigenvalue weighted by atomic mass is 32.1. The van der Waals surface area contributed by atoms with Crippen LogP contribution in [-0.2, 0) is 0 Å². The summed E-state index contributed by atoms with van der Waals surface area (Å²) >= 11 is 5.56. The van der Waals surface area contributed by atoms with E-state index in [1.54, 1.807) is 60.7 Å². The van der Waals surface area contributed by atoms with Crippen molar-refractivity contribution in [2.75, 3.05) is 19.5 Å². The van der Waals surface area contributed by atoms with Gasteiger partial charge < -0.3 is 25.0 Å². The van der Waals surface area contributed by atoms with Crippen molar-refractivity contribution in [3.05, 3.63) is 93.5 Å². The van der Waals surface area contributed by atoms with Gasteiger partial charge in [-0.2, -0.15) is 0 Å². The maximum Gasteiger partial charge on any atom is 0.275 e. The van der Waals surface area contributed by atoms with Crippen LogP contribution < -0.4 is 20.3 Å². The first-order valence-electron chi connectivity index (χ1n) is 10.4. The normalized spacial score (nSPS) is 10.6. The van der Waals surface area contributed by atoms with Crippen LogP contribution in [0.2, 0.25) is 0 Å². The lowest BCUT2D eigenvalue weighted by Gasteiger charge is -2.18. The Morgan fingerprint density at radius 2 is 1.34 bits per heavy atom. The zero-order chi connectivity index (χ0) is 25.1. The van der Waals surface area contributed by atoms with E-state index < -0.39 is 22.9 Å². The van der Waals surface area contributed by atoms with Gasteiger partial charge in [0.15, 0.2) is 21.8 Å². The number of hydrogen-bond acceptors (Lipinski definition) is 7. The van der Waals surface area contributed by atoms with E-state index in [1.165, 1.54) is 35.5 Å². The van der Waals surface area contributed by atoms with Crippen LogP contribution in [0, 0.1) is 4.77 Å². The Morgan fingerprint density at radius 1 is 0.857 bits per heavy atom. The van der Waals surface area contributed by atoms with Crippen LogP contribution in [0.4, 0.5) is 5.69 Å². The molecule has 0 unspecified atom stereocenters. The second-order valence-corrected chi connectivity index (χ2v) is 7.68. The summed E-state index contributed by atoms with van der Waals surface area (Å²) < 4.78 is 12.6. The van der Waals surface area contributed by atoms with Gasteiger partial charge in [0, 0.05) is 17.8 Å². The third-order valence-corrected chi connectivity index (χ3v) is 5.59. The van der Waals surface area contributed by atoms with E-state index in [-0.39, 0.29) is 27.7 Å². The number of aromatic hydroxyl groups is 2. The van der Waals surface area contributed by atoms with Crippen LogP contribution in [0.25, 0.3) is 11.4 Å². The van der Waals surface area contributed by atoms with Crippen molar-refractivity contribution in [3.63, 3.8) is 0 Å². The molecule has 35 heavy (non-hydrogen) atoms. The van der Waals surface area contributed by atoms with Gasteiger partial charge in [-0.25, -0.2) is 0 Å². The highest BCUT2D eigenvalue weighted by Gasteiger charge is 2.25. The molecule has 1 aromatic heterocycles. The molecule has 3 N–H and O–H groups in total. The number of anilines is 1. The Kier molecular flexibility index (Phi) is 6.56. The number of ether oxygens (including phenoxy) is 2. The number of aromatic nitrogens is 2. The Labute approximate surface area is 205 Å². The number of phenolic OH excluding ortho intramolecular Hbond substituents is 1. The molecule has 9 nitrogen and oxygen atoms in total. The molecule has 0 aliphatic heterocycles. The largest absolute Gasteiger partial charge is 0.502 e. The van der Waals surface area contributed by atoms with Gasteiger partial charge in [0.05, 0.1) is 25.6 Å². The number of para-hydroxylation sites is 2. The standard InChI is InChI=1S/C25H21N3O6S/c1-33-18-13-15(14-19(34-2)21(18)29)26-22(30)20-23(31)27(16-9-5-3-6-10-16)25(35)28(24(20)32)17-11-7-4-8-12-17/h3-14,29,31H,1-2H3,(H,26,30). The Bertz CT molecular complexity index is 1490. The minimum atomic E-state index is -0.897. The SMILES string of the molecule is COc1cc(NC(=O)c2c(O)n(-c3ccccc3)c(=S)n(-c3ccccc3)c2=O)cc(OC)c1O. The lowest BCUT2D eigenvalue weighted by Crippen LogP contribution is -2.32. The van der Waals surface area contributed by atoms with E-state index in [4.69, 9.17) is 21.7 Å². The molecule has 0 bridgehead atoms. The van der Waals surface area contributed by atoms with Gasteiger partial charge in [0.2, 0.25) is 11.6 Å². The van der Waals surface area contributed by atoms with Gasteiger partial charge in [-0.3, -0.25) is 18.7 Å². The maximum atomic E-state index is 13.5. The average molecular weight is 492 g/mol. The molecule has 0 aliphatic rings. The fourth-order valence-corrected chi connectivity index (χ4v) is 3.95. The summed E-state index contributed by atoms with van der Waals surface area (Å²) in [6.07, 6.45) is 0. The van der Waals surface area contributed by atoms with Crippen LogP contribution >= 0.6 is 12.2 Å². The second-order valence-electron chi connectivity index (χ2n) is 7.31. The molecule has 3 aromatic carbocycles. The fraction of sp³-hybridized carbons (Fsp3) is 0.0800. The van der Waals surface area contributed by atoms with E-state index in [0.717, 1.165) is 0 Å². The van der Waals surface area contributed by atoms with Crippen molar-refractivity contribution in [1.29, 1.82) is 0 Å². The molecular formula is C25H21N3O6S. The summed E-state index contributed by atoms with van der Waals surface area (Å²) in [4.78, 5) is 26.8. The number of hydrogen-bond donors (Lipinski definition) is 3. The van der Waals surface area contributed by atoms with E-state index in [1.807, 2.05) is 0 Å². The monoisotopic (exact) mass is 491 g/mol. The predicted octanol–water partition coefficient (Wildman–Crippen LogP) is 4.04. The molecule has 10 heteroatoms. The molecule has 0 spiro atoms. The van der Waals surface area contributed by atoms with E-state index in [9.17, 15) is 19.8 Å². The minimum absolute atomic E-state index is 0.0191. The summed E-state index contributed by atoms with van der Waals surface area (Å²) in [7, 11) is 2.69. The number of carbonyl (C=O) groups is 1. The maximum absolute atomic E-state index is 13.5. The quantitative estimate of drug-likeness (QED) is 0.275. The third-order valence-electron chi connectivity index (χ3n) is 5.23. The number of phenols is 1. The molecule has 4 rings (SSSR count). The minimum Gasteiger partial charge on any atom is -0.502 e. The average Bonchev–Trinajstić information content (AvgIpc) is 2.86. The number of rotatable bonds is 6. The number of nitrogens with zero attached hydrogens (tertiary/aromatic N) is 2. The van der Waals surface area contributed by atoms with Crippen molar-refractivity contribution in [2.45, 2.75) is 0 Å². The summed E-state index contributed by atoms with van der Waals surface area (Å²) in [6, 6.07) is 19.9. The van der Waals surface area contributed by atoms with Crippen molar-refractivity contribution in [1.82, 2.24) is 9.13 Å². The molecule has 0 saturated carbocycles. The van der Waals surface area contributed by atoms with Gasteiger partial charge in [-0.05, 0) is 36.5 Å². The van der Waals surface area contributed by atoms with E-state index in [0.29, 0.717) is 11.4 Å². The summed E-state index contributed by atoms with van der Waals surface area (Å²) in [5.74, 6) is -1.67. The topological polar surface area (TPSA) is 115 Å². The zero-order valence-corrected chi connectivity index (χ0v) is 19.6. The first-order valence-corrected chi connectivity index (χ1v) is 10.8. The van der Waals surface area contributed by atoms with Crippen molar-refractivity contribution < 1.29 is 24.5 Å². The molecule has 0 aliphatic carbocycles. The van der Waals surface area contributed by atoms with Crippen LogP contribution in [0.3, 0.4) is 0 Å². The van der Waals surface area contributed by atoms with Crippen molar-refractivity contribution in [2.24, 2.45) is 0 Å². The molecule has 178 valence electrons. The van der Waals surface area contributed by atoms with Gasteiger partial charge >= 0.3 is 0 Å². The first kappa shape index (κ1) is 23.6. The lowest BCUT2D eigenvalue weighted by atomic mass is 10.2. The van der Waals surface area contributed by atoms with Crippen LogP contribution in [0.5, 0.6) is 23.1 Å². The lowest BCUT2D eigenvalue weighted by molar-refractivity contribution is 0.102. The smallest absolute Gasteiger partial charge is 0.275 e. The Hall–Kier alpha value is -4.57. The number of nitrogens with one attached hydrogen (secondary N) is 1. The third kappa shape index (κ3) is 4.34. The highest BCUT2D eigenvalue weighted by Crippen LogP contribution is 2.39. The van der Waals surface area contributed by atoms with Gasteiger partial charge in [0.1, 0.15) is 0 Å². The van der Waals surface area contributed by atoms with Crippen LogP contribution in [0.15, 0.2) is 77.6 Å². The van der Waals surface area contributed by atoms with Crippen molar-refractivity contribution >= 4 is 23.8 Å². The zero-order valence-electron chi connectivity index (χ0n) is 18.8. The molecule has 4 aromatic rings. The first-order chi connectivity index (χ1) is 16.9. The van der Waals surface area contributed by atoms with Gasteiger partial charge in [-0.1, -0.05) is 36.4 Å². The number of carbonyl (C=O) groups excluding carboxylic acids is 1. The molecule has 0 fully saturated rings. The second kappa shape index (κ2) is 9.74. The number of amides is 1. The summed E-state index contributed by atoms with van der Waals surface area (Å²) in [5.41, 5.74) is -0.283. The molecule has 0 saturated heterocycles. The summed E-state index contributed by atoms with van der Waals surface area (Å²) in [5, 5.41) is 23.8. The van der Waals surface area contributed by atoms with E-state index >= 15 is 0 Å².